The van der Waals surface area contributed by atoms with E-state index in [9.17, 15) is 36.4 Å². The molecule has 3 aliphatic rings. The Morgan fingerprint density at radius 1 is 1.05 bits per heavy atom. The highest BCUT2D eigenvalue weighted by atomic mass is 35.5. The minimum absolute atomic E-state index is 0.385. The summed E-state index contributed by atoms with van der Waals surface area (Å²) >= 11 is 6.03. The Morgan fingerprint density at radius 3 is 2.23 bits per heavy atom. The molecule has 2 unspecified atom stereocenters. The van der Waals surface area contributed by atoms with Crippen molar-refractivity contribution < 1.29 is 31.2 Å². The van der Waals surface area contributed by atoms with Crippen LogP contribution in [0.5, 0.6) is 0 Å². The van der Waals surface area contributed by atoms with E-state index in [1.165, 1.54) is 11.0 Å². The normalized spacial score (nSPS) is 23.4. The summed E-state index contributed by atoms with van der Waals surface area (Å²) in [6.07, 6.45) is -2.79. The number of nitriles is 1. The first-order chi connectivity index (χ1) is 18.3. The molecular formula is C27H25ClF3N3O4S. The molecule has 3 fully saturated rings. The molecule has 0 aromatic heterocycles. The molecule has 2 amide bonds. The van der Waals surface area contributed by atoms with Crippen molar-refractivity contribution in [2.75, 3.05) is 6.54 Å². The number of nitrogens with one attached hydrogen (secondary N) is 1. The number of hydrogen-bond donors (Lipinski definition) is 1. The van der Waals surface area contributed by atoms with Gasteiger partial charge in [-0.25, -0.2) is 8.42 Å². The van der Waals surface area contributed by atoms with Gasteiger partial charge in [-0.2, -0.15) is 18.4 Å². The monoisotopic (exact) mass is 579 g/mol. The third-order valence-corrected chi connectivity index (χ3v) is 10.5. The van der Waals surface area contributed by atoms with Gasteiger partial charge in [0.25, 0.3) is 0 Å². The van der Waals surface area contributed by atoms with Crippen molar-refractivity contribution in [3.05, 3.63) is 64.7 Å². The van der Waals surface area contributed by atoms with Gasteiger partial charge in [0.2, 0.25) is 11.8 Å². The van der Waals surface area contributed by atoms with Crippen LogP contribution in [0.2, 0.25) is 5.02 Å². The van der Waals surface area contributed by atoms with E-state index in [0.29, 0.717) is 42.3 Å². The third kappa shape index (κ3) is 4.78. The number of halogens is 4. The lowest BCUT2D eigenvalue weighted by molar-refractivity contribution is -0.146. The number of carbonyl (C=O) groups excluding carboxylic acids is 2. The van der Waals surface area contributed by atoms with Crippen molar-refractivity contribution in [2.24, 2.45) is 0 Å². The van der Waals surface area contributed by atoms with Crippen LogP contribution in [0, 0.1) is 11.3 Å². The number of carbonyl (C=O) groups is 2. The van der Waals surface area contributed by atoms with Gasteiger partial charge in [0.15, 0.2) is 9.84 Å². The van der Waals surface area contributed by atoms with Crippen molar-refractivity contribution >= 4 is 33.3 Å². The highest BCUT2D eigenvalue weighted by Crippen LogP contribution is 2.47. The van der Waals surface area contributed by atoms with Crippen molar-refractivity contribution in [1.82, 2.24) is 10.2 Å². The molecule has 39 heavy (non-hydrogen) atoms. The highest BCUT2D eigenvalue weighted by Gasteiger charge is 2.55. The largest absolute Gasteiger partial charge is 0.417 e. The van der Waals surface area contributed by atoms with Crippen LogP contribution in [-0.2, 0) is 31.0 Å². The zero-order chi connectivity index (χ0) is 28.2. The number of rotatable bonds is 6. The summed E-state index contributed by atoms with van der Waals surface area (Å²) in [5.74, 6) is -1.14. The molecule has 2 aromatic rings. The van der Waals surface area contributed by atoms with Crippen LogP contribution >= 0.6 is 11.6 Å². The summed E-state index contributed by atoms with van der Waals surface area (Å²) in [5.41, 5.74) is -2.70. The van der Waals surface area contributed by atoms with Crippen molar-refractivity contribution in [3.8, 4) is 6.07 Å². The topological polar surface area (TPSA) is 107 Å². The minimum atomic E-state index is -4.91. The van der Waals surface area contributed by atoms with Crippen LogP contribution in [0.25, 0.3) is 0 Å². The fourth-order valence-corrected chi connectivity index (χ4v) is 7.57. The van der Waals surface area contributed by atoms with E-state index < -0.39 is 67.1 Å². The minimum Gasteiger partial charge on any atom is -0.336 e. The van der Waals surface area contributed by atoms with Gasteiger partial charge < -0.3 is 10.2 Å². The summed E-state index contributed by atoms with van der Waals surface area (Å²) in [6.45, 7) is -0.444. The Labute approximate surface area is 228 Å². The lowest BCUT2D eigenvalue weighted by Gasteiger charge is -2.44. The van der Waals surface area contributed by atoms with Crippen molar-refractivity contribution in [2.45, 2.75) is 71.8 Å². The van der Waals surface area contributed by atoms with Crippen LogP contribution in [0.4, 0.5) is 13.2 Å². The van der Waals surface area contributed by atoms with Crippen LogP contribution < -0.4 is 5.32 Å². The number of amides is 2. The van der Waals surface area contributed by atoms with Gasteiger partial charge in [0.1, 0.15) is 11.6 Å². The Kier molecular flexibility index (Phi) is 6.71. The lowest BCUT2D eigenvalue weighted by atomic mass is 9.63. The Balaban J connectivity index is 1.52. The SMILES string of the molecule is N#CC1(NC(=O)C2CC(S(=O)(=O)c3ccccc3C(F)(F)F)CN2C(=O)C2(c3ccc(Cl)cc3)CCC2)CC1. The third-order valence-electron chi connectivity index (χ3n) is 8.10. The number of alkyl halides is 3. The van der Waals surface area contributed by atoms with E-state index in [4.69, 9.17) is 11.6 Å². The molecule has 7 nitrogen and oxygen atoms in total. The summed E-state index contributed by atoms with van der Waals surface area (Å²) in [7, 11) is -4.60. The molecule has 1 N–H and O–H groups in total. The smallest absolute Gasteiger partial charge is 0.336 e. The fraction of sp³-hybridized carbons (Fsp3) is 0.444. The molecule has 0 spiro atoms. The summed E-state index contributed by atoms with van der Waals surface area (Å²) in [4.78, 5) is 27.8. The van der Waals surface area contributed by atoms with Gasteiger partial charge in [0.05, 0.1) is 27.2 Å². The molecular weight excluding hydrogens is 555 g/mol. The van der Waals surface area contributed by atoms with E-state index in [-0.39, 0.29) is 6.42 Å². The molecule has 2 aromatic carbocycles. The Morgan fingerprint density at radius 2 is 1.69 bits per heavy atom. The maximum absolute atomic E-state index is 14.1. The standard InChI is InChI=1S/C27H25ClF3N3O4S/c28-18-8-6-17(7-9-18)26(10-3-11-26)24(36)34-15-19(14-21(34)23(35)33-25(16-32)12-13-25)39(37,38)22-5-2-1-4-20(22)27(29,30)31/h1-2,4-9,19,21H,3,10-15H2,(H,33,35). The fourth-order valence-electron chi connectivity index (χ4n) is 5.53. The maximum atomic E-state index is 14.1. The molecule has 5 rings (SSSR count). The van der Waals surface area contributed by atoms with Crippen molar-refractivity contribution in [3.63, 3.8) is 0 Å². The van der Waals surface area contributed by atoms with Gasteiger partial charge >= 0.3 is 6.18 Å². The average molecular weight is 580 g/mol. The van der Waals surface area contributed by atoms with Crippen LogP contribution in [-0.4, -0.2) is 48.5 Å². The maximum Gasteiger partial charge on any atom is 0.417 e. The summed E-state index contributed by atoms with van der Waals surface area (Å²) in [5, 5.41) is 11.1. The van der Waals surface area contributed by atoms with Crippen LogP contribution in [0.15, 0.2) is 53.4 Å². The number of nitrogens with zero attached hydrogens (tertiary/aromatic N) is 2. The predicted octanol–water partition coefficient (Wildman–Crippen LogP) is 4.40. The van der Waals surface area contributed by atoms with Gasteiger partial charge in [0, 0.05) is 11.6 Å². The first kappa shape index (κ1) is 27.5. The molecule has 1 heterocycles. The zero-order valence-electron chi connectivity index (χ0n) is 20.7. The van der Waals surface area contributed by atoms with Crippen molar-refractivity contribution in [1.29, 1.82) is 5.26 Å². The second-order valence-electron chi connectivity index (χ2n) is 10.5. The number of hydrogen-bond acceptors (Lipinski definition) is 5. The number of sulfone groups is 1. The zero-order valence-corrected chi connectivity index (χ0v) is 22.2. The van der Waals surface area contributed by atoms with Crippen LogP contribution in [0.3, 0.4) is 0 Å². The quantitative estimate of drug-likeness (QED) is 0.546. The predicted molar refractivity (Wildman–Crippen MR) is 135 cm³/mol. The van der Waals surface area contributed by atoms with E-state index in [0.717, 1.165) is 18.6 Å². The van der Waals surface area contributed by atoms with Gasteiger partial charge in [-0.15, -0.1) is 0 Å². The molecule has 12 heteroatoms. The molecule has 0 bridgehead atoms. The first-order valence-electron chi connectivity index (χ1n) is 12.5. The summed E-state index contributed by atoms with van der Waals surface area (Å²) < 4.78 is 68.3. The molecule has 1 aliphatic heterocycles. The van der Waals surface area contributed by atoms with Gasteiger partial charge in [-0.3, -0.25) is 9.59 Å². The van der Waals surface area contributed by atoms with Crippen LogP contribution in [0.1, 0.15) is 49.7 Å². The lowest BCUT2D eigenvalue weighted by Crippen LogP contribution is -2.56. The molecule has 2 saturated carbocycles. The number of benzene rings is 2. The average Bonchev–Trinajstić information content (AvgIpc) is 3.48. The van der Waals surface area contributed by atoms with Gasteiger partial charge in [-0.1, -0.05) is 42.3 Å². The molecule has 206 valence electrons. The van der Waals surface area contributed by atoms with E-state index in [1.54, 1.807) is 24.3 Å². The Hall–Kier alpha value is -3.10. The first-order valence-corrected chi connectivity index (χ1v) is 14.5. The second-order valence-corrected chi connectivity index (χ2v) is 13.1. The number of likely N-dealkylation sites (tertiary alicyclic amines) is 1. The second kappa shape index (κ2) is 9.52. The van der Waals surface area contributed by atoms with E-state index in [1.807, 2.05) is 6.07 Å². The molecule has 2 aliphatic carbocycles. The highest BCUT2D eigenvalue weighted by molar-refractivity contribution is 7.92. The Bertz CT molecular complexity index is 1460. The van der Waals surface area contributed by atoms with E-state index >= 15 is 0 Å². The van der Waals surface area contributed by atoms with Gasteiger partial charge in [-0.05, 0) is 61.9 Å². The van der Waals surface area contributed by atoms with E-state index in [2.05, 4.69) is 5.32 Å². The molecule has 0 radical (unpaired) electrons. The molecule has 2 atom stereocenters. The molecule has 1 saturated heterocycles. The summed E-state index contributed by atoms with van der Waals surface area (Å²) in [6, 6.07) is 11.4.